The first-order chi connectivity index (χ1) is 14.6. The van der Waals surface area contributed by atoms with Crippen molar-refractivity contribution in [1.82, 2.24) is 29.5 Å². The van der Waals surface area contributed by atoms with Gasteiger partial charge in [0.15, 0.2) is 5.65 Å². The van der Waals surface area contributed by atoms with E-state index in [1.165, 1.54) is 12.5 Å². The molecule has 0 unspecified atom stereocenters. The number of hydrogen-bond acceptors (Lipinski definition) is 6. The number of carbonyl (C=O) groups is 1. The second kappa shape index (κ2) is 6.96. The third kappa shape index (κ3) is 3.02. The van der Waals surface area contributed by atoms with Crippen molar-refractivity contribution in [2.24, 2.45) is 0 Å². The third-order valence-electron chi connectivity index (χ3n) is 4.78. The minimum absolute atomic E-state index is 0.328. The van der Waals surface area contributed by atoms with Crippen LogP contribution < -0.4 is 5.32 Å². The Balaban J connectivity index is 1.57. The quantitative estimate of drug-likeness (QED) is 0.497. The van der Waals surface area contributed by atoms with Crippen LogP contribution in [-0.2, 0) is 0 Å². The normalized spacial score (nSPS) is 11.1. The number of benzene rings is 1. The average Bonchev–Trinajstić information content (AvgIpc) is 3.46. The van der Waals surface area contributed by atoms with Crippen molar-refractivity contribution in [3.05, 3.63) is 78.1 Å². The Labute approximate surface area is 171 Å². The smallest absolute Gasteiger partial charge is 0.262 e. The molecule has 30 heavy (non-hydrogen) atoms. The summed E-state index contributed by atoms with van der Waals surface area (Å²) >= 11 is 0. The standard InChI is InChI=1S/C21H17N7O2/c1-13-4-6-15(7-5-13)28-19(10-18(25-28)17-12-30-26-14(17)2)24-21(29)16-11-23-27-9-3-8-22-20(16)27/h3-12H,1-2H3,(H,24,29). The van der Waals surface area contributed by atoms with Crippen LogP contribution in [-0.4, -0.2) is 35.4 Å². The van der Waals surface area contributed by atoms with Crippen LogP contribution in [0, 0.1) is 13.8 Å². The molecule has 4 heterocycles. The molecule has 5 rings (SSSR count). The van der Waals surface area contributed by atoms with E-state index in [1.54, 1.807) is 33.7 Å². The molecule has 0 aliphatic heterocycles. The molecular formula is C21H17N7O2. The van der Waals surface area contributed by atoms with Crippen LogP contribution >= 0.6 is 0 Å². The number of anilines is 1. The highest BCUT2D eigenvalue weighted by Crippen LogP contribution is 2.27. The summed E-state index contributed by atoms with van der Waals surface area (Å²) in [6, 6.07) is 11.4. The van der Waals surface area contributed by atoms with Gasteiger partial charge in [0.1, 0.15) is 23.3 Å². The summed E-state index contributed by atoms with van der Waals surface area (Å²) in [5.74, 6) is 0.181. The maximum Gasteiger partial charge on any atom is 0.262 e. The minimum atomic E-state index is -0.328. The van der Waals surface area contributed by atoms with E-state index in [-0.39, 0.29) is 5.91 Å². The van der Waals surface area contributed by atoms with E-state index in [9.17, 15) is 4.79 Å². The summed E-state index contributed by atoms with van der Waals surface area (Å²) in [6.07, 6.45) is 6.40. The van der Waals surface area contributed by atoms with Crippen LogP contribution in [0.2, 0.25) is 0 Å². The first kappa shape index (κ1) is 17.8. The van der Waals surface area contributed by atoms with Gasteiger partial charge in [0, 0.05) is 18.5 Å². The Kier molecular flexibility index (Phi) is 4.13. The first-order valence-corrected chi connectivity index (χ1v) is 9.28. The second-order valence-electron chi connectivity index (χ2n) is 6.88. The van der Waals surface area contributed by atoms with E-state index in [0.717, 1.165) is 16.8 Å². The van der Waals surface area contributed by atoms with Crippen molar-refractivity contribution in [2.45, 2.75) is 13.8 Å². The van der Waals surface area contributed by atoms with Gasteiger partial charge in [-0.25, -0.2) is 14.2 Å². The lowest BCUT2D eigenvalue weighted by Gasteiger charge is -2.08. The summed E-state index contributed by atoms with van der Waals surface area (Å²) in [7, 11) is 0. The van der Waals surface area contributed by atoms with Crippen LogP contribution in [0.3, 0.4) is 0 Å². The molecule has 5 aromatic rings. The van der Waals surface area contributed by atoms with E-state index in [1.807, 2.05) is 38.1 Å². The Hall–Kier alpha value is -4.27. The van der Waals surface area contributed by atoms with Gasteiger partial charge >= 0.3 is 0 Å². The van der Waals surface area contributed by atoms with Crippen molar-refractivity contribution in [3.8, 4) is 16.9 Å². The zero-order valence-corrected chi connectivity index (χ0v) is 16.3. The van der Waals surface area contributed by atoms with Crippen LogP contribution in [0.4, 0.5) is 5.82 Å². The fraction of sp³-hybridized carbons (Fsp3) is 0.0952. The fourth-order valence-electron chi connectivity index (χ4n) is 3.19. The number of hydrogen-bond donors (Lipinski definition) is 1. The minimum Gasteiger partial charge on any atom is -0.364 e. The largest absolute Gasteiger partial charge is 0.364 e. The molecule has 9 nitrogen and oxygen atoms in total. The number of amides is 1. The van der Waals surface area contributed by atoms with Crippen LogP contribution in [0.25, 0.3) is 22.6 Å². The SMILES string of the molecule is Cc1ccc(-n2nc(-c3conc3C)cc2NC(=O)c2cnn3cccnc23)cc1. The Bertz CT molecular complexity index is 1360. The Morgan fingerprint density at radius 2 is 2.00 bits per heavy atom. The van der Waals surface area contributed by atoms with Gasteiger partial charge in [0.25, 0.3) is 5.91 Å². The number of rotatable bonds is 4. The molecule has 0 fully saturated rings. The fourth-order valence-corrected chi connectivity index (χ4v) is 3.19. The van der Waals surface area contributed by atoms with Gasteiger partial charge in [-0.15, -0.1) is 0 Å². The maximum atomic E-state index is 13.0. The van der Waals surface area contributed by atoms with Crippen LogP contribution in [0.5, 0.6) is 0 Å². The van der Waals surface area contributed by atoms with Crippen molar-refractivity contribution < 1.29 is 9.32 Å². The topological polar surface area (TPSA) is 103 Å². The number of nitrogens with zero attached hydrogens (tertiary/aromatic N) is 6. The van der Waals surface area contributed by atoms with E-state index >= 15 is 0 Å². The molecule has 0 saturated carbocycles. The third-order valence-corrected chi connectivity index (χ3v) is 4.78. The molecule has 1 aromatic carbocycles. The highest BCUT2D eigenvalue weighted by atomic mass is 16.5. The Morgan fingerprint density at radius 3 is 2.77 bits per heavy atom. The molecule has 0 saturated heterocycles. The second-order valence-corrected chi connectivity index (χ2v) is 6.88. The van der Waals surface area contributed by atoms with E-state index in [4.69, 9.17) is 4.52 Å². The van der Waals surface area contributed by atoms with Crippen molar-refractivity contribution in [2.75, 3.05) is 5.32 Å². The van der Waals surface area contributed by atoms with Gasteiger partial charge in [-0.3, -0.25) is 4.79 Å². The molecule has 1 amide bonds. The first-order valence-electron chi connectivity index (χ1n) is 9.28. The maximum absolute atomic E-state index is 13.0. The molecule has 0 aliphatic rings. The lowest BCUT2D eigenvalue weighted by molar-refractivity contribution is 0.102. The number of aromatic nitrogens is 6. The zero-order valence-electron chi connectivity index (χ0n) is 16.3. The van der Waals surface area contributed by atoms with Gasteiger partial charge in [-0.2, -0.15) is 10.2 Å². The summed E-state index contributed by atoms with van der Waals surface area (Å²) in [4.78, 5) is 17.3. The molecular weight excluding hydrogens is 382 g/mol. The number of nitrogens with one attached hydrogen (secondary N) is 1. The van der Waals surface area contributed by atoms with Crippen LogP contribution in [0.1, 0.15) is 21.6 Å². The van der Waals surface area contributed by atoms with Crippen molar-refractivity contribution >= 4 is 17.4 Å². The summed E-state index contributed by atoms with van der Waals surface area (Å²) in [6.45, 7) is 3.85. The van der Waals surface area contributed by atoms with Gasteiger partial charge in [0.05, 0.1) is 23.1 Å². The lowest BCUT2D eigenvalue weighted by Crippen LogP contribution is -2.15. The predicted octanol–water partition coefficient (Wildman–Crippen LogP) is 3.44. The van der Waals surface area contributed by atoms with Crippen molar-refractivity contribution in [3.63, 3.8) is 0 Å². The molecule has 0 aliphatic carbocycles. The number of fused-ring (bicyclic) bond motifs is 1. The lowest BCUT2D eigenvalue weighted by atomic mass is 10.2. The van der Waals surface area contributed by atoms with E-state index < -0.39 is 0 Å². The molecule has 1 N–H and O–H groups in total. The molecule has 0 bridgehead atoms. The molecule has 0 spiro atoms. The number of carbonyl (C=O) groups excluding carboxylic acids is 1. The van der Waals surface area contributed by atoms with Gasteiger partial charge in [-0.05, 0) is 32.0 Å². The highest BCUT2D eigenvalue weighted by Gasteiger charge is 2.19. The monoisotopic (exact) mass is 399 g/mol. The average molecular weight is 399 g/mol. The molecule has 148 valence electrons. The van der Waals surface area contributed by atoms with Crippen LogP contribution in [0.15, 0.2) is 65.8 Å². The predicted molar refractivity (Wildman–Crippen MR) is 109 cm³/mol. The van der Waals surface area contributed by atoms with Gasteiger partial charge < -0.3 is 9.84 Å². The zero-order chi connectivity index (χ0) is 20.7. The highest BCUT2D eigenvalue weighted by molar-refractivity contribution is 6.08. The summed E-state index contributed by atoms with van der Waals surface area (Å²) in [5, 5.41) is 15.7. The molecule has 4 aromatic heterocycles. The number of aryl methyl sites for hydroxylation is 2. The van der Waals surface area contributed by atoms with Crippen molar-refractivity contribution in [1.29, 1.82) is 0 Å². The molecule has 9 heteroatoms. The molecule has 0 radical (unpaired) electrons. The molecule has 0 atom stereocenters. The summed E-state index contributed by atoms with van der Waals surface area (Å²) < 4.78 is 8.29. The van der Waals surface area contributed by atoms with Gasteiger partial charge in [-0.1, -0.05) is 22.9 Å². The Morgan fingerprint density at radius 1 is 1.17 bits per heavy atom. The van der Waals surface area contributed by atoms with E-state index in [0.29, 0.717) is 28.4 Å². The van der Waals surface area contributed by atoms with E-state index in [2.05, 4.69) is 25.7 Å². The van der Waals surface area contributed by atoms with Gasteiger partial charge in [0.2, 0.25) is 0 Å². The summed E-state index contributed by atoms with van der Waals surface area (Å²) in [5.41, 5.74) is 4.91.